The monoisotopic (exact) mass is 260 g/mol. The minimum absolute atomic E-state index is 0.529. The maximum absolute atomic E-state index is 3.66. The van der Waals surface area contributed by atoms with Crippen LogP contribution < -0.4 is 10.2 Å². The predicted octanol–water partition coefficient (Wildman–Crippen LogP) is 4.44. The molecule has 2 nitrogen and oxygen atoms in total. The number of anilines is 2. The van der Waals surface area contributed by atoms with Crippen molar-refractivity contribution in [2.45, 2.75) is 53.0 Å². The van der Waals surface area contributed by atoms with Gasteiger partial charge >= 0.3 is 0 Å². The summed E-state index contributed by atoms with van der Waals surface area (Å²) in [6, 6.07) is 7.38. The van der Waals surface area contributed by atoms with Crippen LogP contribution in [-0.2, 0) is 0 Å². The van der Waals surface area contributed by atoms with Gasteiger partial charge in [0, 0.05) is 30.5 Å². The van der Waals surface area contributed by atoms with E-state index in [2.05, 4.69) is 56.1 Å². The summed E-state index contributed by atoms with van der Waals surface area (Å²) >= 11 is 0. The smallest absolute Gasteiger partial charge is 0.0373 e. The van der Waals surface area contributed by atoms with E-state index in [4.69, 9.17) is 0 Å². The van der Waals surface area contributed by atoms with Gasteiger partial charge < -0.3 is 10.2 Å². The lowest BCUT2D eigenvalue weighted by atomic mass is 10.00. The van der Waals surface area contributed by atoms with Crippen LogP contribution in [0, 0.1) is 12.8 Å². The van der Waals surface area contributed by atoms with Gasteiger partial charge in [0.15, 0.2) is 0 Å². The second-order valence-electron chi connectivity index (χ2n) is 6.01. The molecular weight excluding hydrogens is 232 g/mol. The van der Waals surface area contributed by atoms with Crippen molar-refractivity contribution in [2.75, 3.05) is 23.3 Å². The highest BCUT2D eigenvalue weighted by molar-refractivity contribution is 5.60. The highest BCUT2D eigenvalue weighted by Crippen LogP contribution is 2.26. The molecule has 1 N–H and O–H groups in total. The molecule has 1 aromatic carbocycles. The molecule has 0 bridgehead atoms. The summed E-state index contributed by atoms with van der Waals surface area (Å²) in [7, 11) is 0. The van der Waals surface area contributed by atoms with Crippen LogP contribution in [0.15, 0.2) is 18.2 Å². The van der Waals surface area contributed by atoms with Crippen LogP contribution in [0.2, 0.25) is 0 Å². The molecule has 1 heterocycles. The molecular formula is C17H28N2. The molecule has 2 unspecified atom stereocenters. The van der Waals surface area contributed by atoms with Crippen LogP contribution >= 0.6 is 0 Å². The normalized spacial score (nSPS) is 18.4. The summed E-state index contributed by atoms with van der Waals surface area (Å²) in [4.78, 5) is 2.49. The number of hydrogen-bond acceptors (Lipinski definition) is 2. The average Bonchev–Trinajstić information content (AvgIpc) is 2.94. The van der Waals surface area contributed by atoms with E-state index in [1.165, 1.54) is 49.3 Å². The Morgan fingerprint density at radius 2 is 1.89 bits per heavy atom. The number of hydrogen-bond donors (Lipinski definition) is 1. The number of rotatable bonds is 5. The first kappa shape index (κ1) is 14.2. The summed E-state index contributed by atoms with van der Waals surface area (Å²) in [6.45, 7) is 11.5. The van der Waals surface area contributed by atoms with Crippen molar-refractivity contribution in [3.63, 3.8) is 0 Å². The van der Waals surface area contributed by atoms with Crippen LogP contribution in [0.5, 0.6) is 0 Å². The van der Waals surface area contributed by atoms with Crippen molar-refractivity contribution in [1.82, 2.24) is 0 Å². The zero-order chi connectivity index (χ0) is 13.8. The Kier molecular flexibility index (Phi) is 4.73. The SMILES string of the molecule is CCC(C)C(C)Nc1ccc(N2CCCC2)cc1C. The lowest BCUT2D eigenvalue weighted by molar-refractivity contribution is 0.494. The Bertz CT molecular complexity index is 408. The van der Waals surface area contributed by atoms with Gasteiger partial charge in [0.25, 0.3) is 0 Å². The number of benzene rings is 1. The molecule has 0 radical (unpaired) electrons. The molecule has 0 amide bonds. The topological polar surface area (TPSA) is 15.3 Å². The van der Waals surface area contributed by atoms with E-state index >= 15 is 0 Å². The van der Waals surface area contributed by atoms with E-state index in [0.29, 0.717) is 12.0 Å². The molecule has 2 rings (SSSR count). The predicted molar refractivity (Wildman–Crippen MR) is 85.2 cm³/mol. The Hall–Kier alpha value is -1.18. The molecule has 1 aliphatic heterocycles. The van der Waals surface area contributed by atoms with Gasteiger partial charge in [-0.05, 0) is 56.4 Å². The molecule has 0 aliphatic carbocycles. The zero-order valence-corrected chi connectivity index (χ0v) is 12.9. The third-order valence-corrected chi connectivity index (χ3v) is 4.56. The molecule has 2 heteroatoms. The fraction of sp³-hybridized carbons (Fsp3) is 0.647. The fourth-order valence-corrected chi connectivity index (χ4v) is 2.72. The van der Waals surface area contributed by atoms with E-state index in [9.17, 15) is 0 Å². The van der Waals surface area contributed by atoms with Crippen molar-refractivity contribution in [2.24, 2.45) is 5.92 Å². The van der Waals surface area contributed by atoms with Crippen LogP contribution in [0.4, 0.5) is 11.4 Å². The fourth-order valence-electron chi connectivity index (χ4n) is 2.72. The minimum atomic E-state index is 0.529. The molecule has 19 heavy (non-hydrogen) atoms. The molecule has 0 aromatic heterocycles. The summed E-state index contributed by atoms with van der Waals surface area (Å²) in [5, 5.41) is 3.66. The van der Waals surface area contributed by atoms with Gasteiger partial charge in [-0.25, -0.2) is 0 Å². The van der Waals surface area contributed by atoms with Gasteiger partial charge in [0.05, 0.1) is 0 Å². The molecule has 106 valence electrons. The minimum Gasteiger partial charge on any atom is -0.382 e. The number of nitrogens with one attached hydrogen (secondary N) is 1. The molecule has 1 aromatic rings. The molecule has 1 aliphatic rings. The third kappa shape index (κ3) is 3.43. The zero-order valence-electron chi connectivity index (χ0n) is 12.9. The second kappa shape index (κ2) is 6.31. The van der Waals surface area contributed by atoms with E-state index in [1.807, 2.05) is 0 Å². The Morgan fingerprint density at radius 1 is 1.21 bits per heavy atom. The largest absolute Gasteiger partial charge is 0.382 e. The van der Waals surface area contributed by atoms with E-state index in [-0.39, 0.29) is 0 Å². The van der Waals surface area contributed by atoms with E-state index in [0.717, 1.165) is 0 Å². The van der Waals surface area contributed by atoms with Gasteiger partial charge in [-0.2, -0.15) is 0 Å². The lowest BCUT2D eigenvalue weighted by Gasteiger charge is -2.24. The molecule has 1 fully saturated rings. The second-order valence-corrected chi connectivity index (χ2v) is 6.01. The van der Waals surface area contributed by atoms with Gasteiger partial charge in [-0.3, -0.25) is 0 Å². The maximum Gasteiger partial charge on any atom is 0.0373 e. The molecule has 0 saturated carbocycles. The van der Waals surface area contributed by atoms with Crippen molar-refractivity contribution in [3.8, 4) is 0 Å². The summed E-state index contributed by atoms with van der Waals surface area (Å²) < 4.78 is 0. The maximum atomic E-state index is 3.66. The first-order valence-electron chi connectivity index (χ1n) is 7.74. The van der Waals surface area contributed by atoms with Crippen molar-refractivity contribution < 1.29 is 0 Å². The summed E-state index contributed by atoms with van der Waals surface area (Å²) in [5.74, 6) is 0.706. The Balaban J connectivity index is 2.06. The molecule has 0 spiro atoms. The van der Waals surface area contributed by atoms with Crippen LogP contribution in [0.3, 0.4) is 0 Å². The van der Waals surface area contributed by atoms with Crippen molar-refractivity contribution in [1.29, 1.82) is 0 Å². The number of nitrogens with zero attached hydrogens (tertiary/aromatic N) is 1. The third-order valence-electron chi connectivity index (χ3n) is 4.56. The Labute approximate surface area is 118 Å². The summed E-state index contributed by atoms with van der Waals surface area (Å²) in [6.07, 6.45) is 3.90. The highest BCUT2D eigenvalue weighted by Gasteiger charge is 2.14. The van der Waals surface area contributed by atoms with Gasteiger partial charge in [0.2, 0.25) is 0 Å². The quantitative estimate of drug-likeness (QED) is 0.842. The van der Waals surface area contributed by atoms with Crippen LogP contribution in [-0.4, -0.2) is 19.1 Å². The number of aryl methyl sites for hydroxylation is 1. The first-order chi connectivity index (χ1) is 9.11. The van der Waals surface area contributed by atoms with Gasteiger partial charge in [-0.15, -0.1) is 0 Å². The average molecular weight is 260 g/mol. The van der Waals surface area contributed by atoms with Gasteiger partial charge in [-0.1, -0.05) is 20.3 Å². The van der Waals surface area contributed by atoms with Gasteiger partial charge in [0.1, 0.15) is 0 Å². The van der Waals surface area contributed by atoms with Crippen LogP contribution in [0.25, 0.3) is 0 Å². The standard InChI is InChI=1S/C17H28N2/c1-5-13(2)15(4)18-17-9-8-16(12-14(17)3)19-10-6-7-11-19/h8-9,12-13,15,18H,5-7,10-11H2,1-4H3. The van der Waals surface area contributed by atoms with Crippen molar-refractivity contribution in [3.05, 3.63) is 23.8 Å². The van der Waals surface area contributed by atoms with E-state index in [1.54, 1.807) is 0 Å². The highest BCUT2D eigenvalue weighted by atomic mass is 15.1. The summed E-state index contributed by atoms with van der Waals surface area (Å²) in [5.41, 5.74) is 4.03. The lowest BCUT2D eigenvalue weighted by Crippen LogP contribution is -2.24. The van der Waals surface area contributed by atoms with E-state index < -0.39 is 0 Å². The van der Waals surface area contributed by atoms with Crippen molar-refractivity contribution >= 4 is 11.4 Å². The first-order valence-corrected chi connectivity index (χ1v) is 7.74. The molecule has 2 atom stereocenters. The molecule has 1 saturated heterocycles. The Morgan fingerprint density at radius 3 is 2.47 bits per heavy atom. The van der Waals surface area contributed by atoms with Crippen LogP contribution in [0.1, 0.15) is 45.6 Å².